The highest BCUT2D eigenvalue weighted by Crippen LogP contribution is 2.36. The van der Waals surface area contributed by atoms with Gasteiger partial charge in [0.15, 0.2) is 0 Å². The quantitative estimate of drug-likeness (QED) is 0.934. The number of aryl methyl sites for hydroxylation is 1. The standard InChI is InChI=1S/C16H19NOS2/c1-2-11-7-8-12(20-11)9-13(17)15-10-19-16-6-4-3-5-14(16)18-15/h3-8,13,15H,2,9-10,17H2,1H3. The number of benzene rings is 1. The second-order valence-electron chi connectivity index (χ2n) is 5.00. The summed E-state index contributed by atoms with van der Waals surface area (Å²) in [5, 5.41) is 0. The molecule has 2 N–H and O–H groups in total. The molecule has 4 heteroatoms. The lowest BCUT2D eigenvalue weighted by molar-refractivity contribution is 0.184. The van der Waals surface area contributed by atoms with Crippen molar-refractivity contribution in [3.8, 4) is 5.75 Å². The monoisotopic (exact) mass is 305 g/mol. The number of para-hydroxylation sites is 1. The van der Waals surface area contributed by atoms with Crippen molar-refractivity contribution in [1.82, 2.24) is 0 Å². The van der Waals surface area contributed by atoms with Crippen LogP contribution in [0.4, 0.5) is 0 Å². The van der Waals surface area contributed by atoms with Gasteiger partial charge in [0.1, 0.15) is 11.9 Å². The van der Waals surface area contributed by atoms with Gasteiger partial charge in [0, 0.05) is 32.9 Å². The number of nitrogens with two attached hydrogens (primary N) is 1. The minimum Gasteiger partial charge on any atom is -0.487 e. The Balaban J connectivity index is 1.65. The minimum absolute atomic E-state index is 0.0548. The summed E-state index contributed by atoms with van der Waals surface area (Å²) in [7, 11) is 0. The van der Waals surface area contributed by atoms with Gasteiger partial charge >= 0.3 is 0 Å². The average Bonchev–Trinajstić information content (AvgIpc) is 2.94. The third-order valence-corrected chi connectivity index (χ3v) is 5.91. The van der Waals surface area contributed by atoms with Crippen molar-refractivity contribution >= 4 is 23.1 Å². The van der Waals surface area contributed by atoms with Crippen LogP contribution in [0.1, 0.15) is 16.7 Å². The highest BCUT2D eigenvalue weighted by Gasteiger charge is 2.26. The van der Waals surface area contributed by atoms with Gasteiger partial charge in [-0.25, -0.2) is 0 Å². The van der Waals surface area contributed by atoms with Crippen molar-refractivity contribution in [2.24, 2.45) is 5.73 Å². The normalized spacial score (nSPS) is 19.2. The molecule has 2 unspecified atom stereocenters. The molecule has 2 aromatic rings. The van der Waals surface area contributed by atoms with Gasteiger partial charge in [0.25, 0.3) is 0 Å². The van der Waals surface area contributed by atoms with E-state index in [1.807, 2.05) is 41.3 Å². The van der Waals surface area contributed by atoms with Gasteiger partial charge < -0.3 is 10.5 Å². The van der Waals surface area contributed by atoms with Crippen molar-refractivity contribution in [1.29, 1.82) is 0 Å². The molecule has 0 fully saturated rings. The van der Waals surface area contributed by atoms with Crippen molar-refractivity contribution in [2.45, 2.75) is 36.8 Å². The molecule has 2 heterocycles. The molecule has 0 aliphatic carbocycles. The SMILES string of the molecule is CCc1ccc(CC(N)C2CSc3ccccc3O2)s1. The van der Waals surface area contributed by atoms with Gasteiger partial charge in [-0.2, -0.15) is 0 Å². The molecule has 2 atom stereocenters. The summed E-state index contributed by atoms with van der Waals surface area (Å²) in [6.45, 7) is 2.19. The Kier molecular flexibility index (Phi) is 4.34. The molecule has 0 saturated heterocycles. The maximum absolute atomic E-state index is 6.36. The lowest BCUT2D eigenvalue weighted by Gasteiger charge is -2.29. The first-order valence-electron chi connectivity index (χ1n) is 6.98. The molecule has 0 radical (unpaired) electrons. The van der Waals surface area contributed by atoms with E-state index in [9.17, 15) is 0 Å². The Morgan fingerprint density at radius 1 is 1.25 bits per heavy atom. The molecule has 1 aliphatic heterocycles. The molecule has 20 heavy (non-hydrogen) atoms. The summed E-state index contributed by atoms with van der Waals surface area (Å²) < 4.78 is 6.06. The van der Waals surface area contributed by atoms with Crippen molar-refractivity contribution < 1.29 is 4.74 Å². The summed E-state index contributed by atoms with van der Waals surface area (Å²) in [5.74, 6) is 1.91. The second kappa shape index (κ2) is 6.20. The Labute approximate surface area is 128 Å². The van der Waals surface area contributed by atoms with E-state index in [4.69, 9.17) is 10.5 Å². The maximum Gasteiger partial charge on any atom is 0.133 e. The average molecular weight is 305 g/mol. The zero-order valence-corrected chi connectivity index (χ0v) is 13.2. The van der Waals surface area contributed by atoms with Crippen LogP contribution in [0, 0.1) is 0 Å². The van der Waals surface area contributed by atoms with E-state index in [2.05, 4.69) is 25.1 Å². The van der Waals surface area contributed by atoms with Crippen molar-refractivity contribution in [3.63, 3.8) is 0 Å². The largest absolute Gasteiger partial charge is 0.487 e. The molecule has 1 aromatic heterocycles. The summed E-state index contributed by atoms with van der Waals surface area (Å²) in [5.41, 5.74) is 6.36. The van der Waals surface area contributed by atoms with Crippen molar-refractivity contribution in [2.75, 3.05) is 5.75 Å². The smallest absolute Gasteiger partial charge is 0.133 e. The second-order valence-corrected chi connectivity index (χ2v) is 7.32. The third kappa shape index (κ3) is 3.03. The Morgan fingerprint density at radius 3 is 2.85 bits per heavy atom. The Bertz CT molecular complexity index is 581. The minimum atomic E-state index is 0.0548. The molecular weight excluding hydrogens is 286 g/mol. The molecule has 1 aliphatic rings. The first kappa shape index (κ1) is 14.0. The van der Waals surface area contributed by atoms with E-state index in [0.29, 0.717) is 0 Å². The molecule has 2 nitrogen and oxygen atoms in total. The number of thiophene rings is 1. The maximum atomic E-state index is 6.36. The fourth-order valence-electron chi connectivity index (χ4n) is 2.33. The number of rotatable bonds is 4. The first-order chi connectivity index (χ1) is 9.76. The molecule has 0 spiro atoms. The predicted molar refractivity (Wildman–Crippen MR) is 87.0 cm³/mol. The molecule has 3 rings (SSSR count). The third-order valence-electron chi connectivity index (χ3n) is 3.51. The fourth-order valence-corrected chi connectivity index (χ4v) is 4.45. The first-order valence-corrected chi connectivity index (χ1v) is 8.78. The van der Waals surface area contributed by atoms with Gasteiger partial charge in [0.05, 0.1) is 0 Å². The van der Waals surface area contributed by atoms with Gasteiger partial charge in [-0.3, -0.25) is 0 Å². The lowest BCUT2D eigenvalue weighted by atomic mass is 10.1. The fraction of sp³-hybridized carbons (Fsp3) is 0.375. The van der Waals surface area contributed by atoms with E-state index in [-0.39, 0.29) is 12.1 Å². The van der Waals surface area contributed by atoms with E-state index in [0.717, 1.165) is 24.3 Å². The van der Waals surface area contributed by atoms with Crippen LogP contribution in [0.5, 0.6) is 5.75 Å². The summed E-state index contributed by atoms with van der Waals surface area (Å²) in [6.07, 6.45) is 2.10. The number of ether oxygens (including phenoxy) is 1. The summed E-state index contributed by atoms with van der Waals surface area (Å²) in [4.78, 5) is 4.01. The van der Waals surface area contributed by atoms with Crippen LogP contribution in [-0.2, 0) is 12.8 Å². The summed E-state index contributed by atoms with van der Waals surface area (Å²) >= 11 is 3.71. The van der Waals surface area contributed by atoms with Crippen LogP contribution >= 0.6 is 23.1 Å². The zero-order chi connectivity index (χ0) is 13.9. The summed E-state index contributed by atoms with van der Waals surface area (Å²) in [6, 6.07) is 12.7. The number of hydrogen-bond donors (Lipinski definition) is 1. The van der Waals surface area contributed by atoms with Crippen LogP contribution in [0.15, 0.2) is 41.3 Å². The molecule has 0 amide bonds. The zero-order valence-electron chi connectivity index (χ0n) is 11.5. The van der Waals surface area contributed by atoms with E-state index in [1.165, 1.54) is 14.6 Å². The lowest BCUT2D eigenvalue weighted by Crippen LogP contribution is -2.43. The van der Waals surface area contributed by atoms with Crippen LogP contribution < -0.4 is 10.5 Å². The van der Waals surface area contributed by atoms with Crippen LogP contribution in [0.2, 0.25) is 0 Å². The van der Waals surface area contributed by atoms with Gasteiger partial charge in [-0.1, -0.05) is 19.1 Å². The molecule has 1 aromatic carbocycles. The van der Waals surface area contributed by atoms with Crippen LogP contribution in [-0.4, -0.2) is 17.9 Å². The number of hydrogen-bond acceptors (Lipinski definition) is 4. The van der Waals surface area contributed by atoms with Gasteiger partial charge in [-0.05, 0) is 30.7 Å². The predicted octanol–water partition coefficient (Wildman–Crippen LogP) is 3.73. The van der Waals surface area contributed by atoms with Crippen LogP contribution in [0.25, 0.3) is 0 Å². The van der Waals surface area contributed by atoms with Crippen molar-refractivity contribution in [3.05, 3.63) is 46.2 Å². The van der Waals surface area contributed by atoms with Crippen LogP contribution in [0.3, 0.4) is 0 Å². The molecule has 0 saturated carbocycles. The number of fused-ring (bicyclic) bond motifs is 1. The topological polar surface area (TPSA) is 35.2 Å². The molecular formula is C16H19NOS2. The van der Waals surface area contributed by atoms with Gasteiger partial charge in [0.2, 0.25) is 0 Å². The van der Waals surface area contributed by atoms with E-state index in [1.54, 1.807) is 0 Å². The molecule has 0 bridgehead atoms. The Hall–Kier alpha value is -0.970. The number of thioether (sulfide) groups is 1. The molecule has 106 valence electrons. The van der Waals surface area contributed by atoms with Gasteiger partial charge in [-0.15, -0.1) is 23.1 Å². The van der Waals surface area contributed by atoms with E-state index < -0.39 is 0 Å². The Morgan fingerprint density at radius 2 is 2.05 bits per heavy atom. The van der Waals surface area contributed by atoms with E-state index >= 15 is 0 Å². The highest BCUT2D eigenvalue weighted by atomic mass is 32.2. The highest BCUT2D eigenvalue weighted by molar-refractivity contribution is 7.99.